The summed E-state index contributed by atoms with van der Waals surface area (Å²) in [5, 5.41) is 3.54. The Bertz CT molecular complexity index is 443. The summed E-state index contributed by atoms with van der Waals surface area (Å²) in [6.07, 6.45) is 5.46. The number of rotatable bonds is 7. The third-order valence-corrected chi connectivity index (χ3v) is 5.03. The Morgan fingerprint density at radius 1 is 1.45 bits per heavy atom. The van der Waals surface area contributed by atoms with Crippen molar-refractivity contribution in [2.75, 3.05) is 13.7 Å². The summed E-state index contributed by atoms with van der Waals surface area (Å²) >= 11 is 3.46. The van der Waals surface area contributed by atoms with E-state index in [0.29, 0.717) is 6.04 Å². The van der Waals surface area contributed by atoms with E-state index in [1.807, 2.05) is 13.2 Å². The molecule has 1 N–H and O–H groups in total. The first-order valence-corrected chi connectivity index (χ1v) is 8.10. The van der Waals surface area contributed by atoms with Gasteiger partial charge in [0.05, 0.1) is 5.60 Å². The molecule has 2 rings (SSSR count). The van der Waals surface area contributed by atoms with Crippen molar-refractivity contribution in [3.63, 3.8) is 0 Å². The van der Waals surface area contributed by atoms with Crippen LogP contribution in [0.3, 0.4) is 0 Å². The quantitative estimate of drug-likeness (QED) is 0.805. The summed E-state index contributed by atoms with van der Waals surface area (Å²) in [5.41, 5.74) is 1.20. The number of likely N-dealkylation sites (N-methyl/N-ethyl adjacent to an activating group) is 1. The predicted molar refractivity (Wildman–Crippen MR) is 83.5 cm³/mol. The zero-order valence-corrected chi connectivity index (χ0v) is 13.8. The molecule has 1 aliphatic carbocycles. The molecule has 20 heavy (non-hydrogen) atoms. The van der Waals surface area contributed by atoms with Crippen molar-refractivity contribution >= 4 is 15.9 Å². The maximum absolute atomic E-state index is 13.2. The van der Waals surface area contributed by atoms with Gasteiger partial charge in [0, 0.05) is 17.6 Å². The van der Waals surface area contributed by atoms with Gasteiger partial charge in [-0.05, 0) is 56.3 Å². The second kappa shape index (κ2) is 7.01. The van der Waals surface area contributed by atoms with Gasteiger partial charge in [-0.25, -0.2) is 4.39 Å². The molecule has 0 amide bonds. The van der Waals surface area contributed by atoms with Gasteiger partial charge in [0.25, 0.3) is 0 Å². The van der Waals surface area contributed by atoms with E-state index in [1.54, 1.807) is 0 Å². The third-order valence-electron chi connectivity index (χ3n) is 4.29. The maximum Gasteiger partial charge on any atom is 0.124 e. The van der Waals surface area contributed by atoms with Gasteiger partial charge < -0.3 is 10.1 Å². The predicted octanol–water partition coefficient (Wildman–Crippen LogP) is 4.07. The molecule has 4 heteroatoms. The SMILES string of the molecule is CCNC(Cc1ccc(F)cc1Br)CC1(OC)CCC1. The zero-order chi connectivity index (χ0) is 14.6. The summed E-state index contributed by atoms with van der Waals surface area (Å²) in [4.78, 5) is 0. The van der Waals surface area contributed by atoms with Gasteiger partial charge in [0.1, 0.15) is 5.82 Å². The monoisotopic (exact) mass is 343 g/mol. The van der Waals surface area contributed by atoms with Crippen molar-refractivity contribution in [2.45, 2.75) is 50.7 Å². The van der Waals surface area contributed by atoms with Crippen molar-refractivity contribution in [3.8, 4) is 0 Å². The summed E-state index contributed by atoms with van der Waals surface area (Å²) in [5.74, 6) is -0.201. The fraction of sp³-hybridized carbons (Fsp3) is 0.625. The molecule has 1 aliphatic rings. The van der Waals surface area contributed by atoms with Crippen molar-refractivity contribution in [1.82, 2.24) is 5.32 Å². The molecule has 1 saturated carbocycles. The fourth-order valence-corrected chi connectivity index (χ4v) is 3.48. The molecule has 0 radical (unpaired) electrons. The average molecular weight is 344 g/mol. The van der Waals surface area contributed by atoms with Gasteiger partial charge in [-0.2, -0.15) is 0 Å². The van der Waals surface area contributed by atoms with Crippen LogP contribution in [0.2, 0.25) is 0 Å². The van der Waals surface area contributed by atoms with Crippen molar-refractivity contribution in [3.05, 3.63) is 34.1 Å². The van der Waals surface area contributed by atoms with Crippen molar-refractivity contribution < 1.29 is 9.13 Å². The average Bonchev–Trinajstić information content (AvgIpc) is 2.37. The Morgan fingerprint density at radius 2 is 2.20 bits per heavy atom. The van der Waals surface area contributed by atoms with Crippen molar-refractivity contribution in [2.24, 2.45) is 0 Å². The molecule has 1 fully saturated rings. The van der Waals surface area contributed by atoms with E-state index in [-0.39, 0.29) is 11.4 Å². The largest absolute Gasteiger partial charge is 0.378 e. The summed E-state index contributed by atoms with van der Waals surface area (Å²) < 4.78 is 19.7. The number of hydrogen-bond acceptors (Lipinski definition) is 2. The van der Waals surface area contributed by atoms with E-state index < -0.39 is 0 Å². The molecule has 0 aromatic heterocycles. The third kappa shape index (κ3) is 3.80. The maximum atomic E-state index is 13.2. The Morgan fingerprint density at radius 3 is 2.70 bits per heavy atom. The van der Waals surface area contributed by atoms with E-state index in [9.17, 15) is 4.39 Å². The molecule has 0 bridgehead atoms. The summed E-state index contributed by atoms with van der Waals surface area (Å²) in [7, 11) is 1.82. The lowest BCUT2D eigenvalue weighted by atomic mass is 9.75. The minimum atomic E-state index is -0.201. The molecule has 112 valence electrons. The number of methoxy groups -OCH3 is 1. The zero-order valence-electron chi connectivity index (χ0n) is 12.2. The molecule has 0 spiro atoms. The standard InChI is InChI=1S/C16H23BrFNO/c1-3-19-14(11-16(20-2)7-4-8-16)9-12-5-6-13(18)10-15(12)17/h5-6,10,14,19H,3-4,7-9,11H2,1-2H3. The first kappa shape index (κ1) is 15.9. The molecule has 0 saturated heterocycles. The van der Waals surface area contributed by atoms with Gasteiger partial charge >= 0.3 is 0 Å². The first-order valence-electron chi connectivity index (χ1n) is 7.31. The molecule has 1 aromatic rings. The number of ether oxygens (including phenoxy) is 1. The normalized spacial score (nSPS) is 18.6. The van der Waals surface area contributed by atoms with Crippen LogP contribution >= 0.6 is 15.9 Å². The van der Waals surface area contributed by atoms with Gasteiger partial charge in [-0.15, -0.1) is 0 Å². The van der Waals surface area contributed by atoms with Crippen LogP contribution in [0.4, 0.5) is 4.39 Å². The second-order valence-electron chi connectivity index (χ2n) is 5.64. The van der Waals surface area contributed by atoms with E-state index in [2.05, 4.69) is 28.2 Å². The topological polar surface area (TPSA) is 21.3 Å². The van der Waals surface area contributed by atoms with Gasteiger partial charge in [-0.1, -0.05) is 28.9 Å². The smallest absolute Gasteiger partial charge is 0.124 e. The summed E-state index contributed by atoms with van der Waals surface area (Å²) in [6, 6.07) is 5.29. The molecule has 1 unspecified atom stereocenters. The first-order chi connectivity index (χ1) is 9.58. The Labute approximate surface area is 129 Å². The van der Waals surface area contributed by atoms with Crippen LogP contribution in [0.1, 0.15) is 38.2 Å². The van der Waals surface area contributed by atoms with Crippen LogP contribution in [0, 0.1) is 5.82 Å². The highest BCUT2D eigenvalue weighted by Crippen LogP contribution is 2.39. The molecule has 1 atom stereocenters. The minimum Gasteiger partial charge on any atom is -0.378 e. The molecule has 1 aromatic carbocycles. The van der Waals surface area contributed by atoms with Crippen LogP contribution in [-0.2, 0) is 11.2 Å². The fourth-order valence-electron chi connectivity index (χ4n) is 2.97. The highest BCUT2D eigenvalue weighted by Gasteiger charge is 2.38. The molecular formula is C16H23BrFNO. The van der Waals surface area contributed by atoms with Gasteiger partial charge in [0.15, 0.2) is 0 Å². The van der Waals surface area contributed by atoms with E-state index >= 15 is 0 Å². The highest BCUT2D eigenvalue weighted by molar-refractivity contribution is 9.10. The Balaban J connectivity index is 2.04. The lowest BCUT2D eigenvalue weighted by molar-refractivity contribution is -0.0833. The molecule has 2 nitrogen and oxygen atoms in total. The molecular weight excluding hydrogens is 321 g/mol. The van der Waals surface area contributed by atoms with Crippen LogP contribution in [0.15, 0.2) is 22.7 Å². The lowest BCUT2D eigenvalue weighted by Crippen LogP contribution is -2.46. The number of hydrogen-bond donors (Lipinski definition) is 1. The van der Waals surface area contributed by atoms with Crippen molar-refractivity contribution in [1.29, 1.82) is 0 Å². The number of halogens is 2. The van der Waals surface area contributed by atoms with E-state index in [4.69, 9.17) is 4.74 Å². The van der Waals surface area contributed by atoms with E-state index in [0.717, 1.165) is 42.3 Å². The number of nitrogens with one attached hydrogen (secondary N) is 1. The van der Waals surface area contributed by atoms with E-state index in [1.165, 1.54) is 18.6 Å². The minimum absolute atomic E-state index is 0.0549. The second-order valence-corrected chi connectivity index (χ2v) is 6.49. The van der Waals surface area contributed by atoms with Crippen LogP contribution in [0.5, 0.6) is 0 Å². The Kier molecular flexibility index (Phi) is 5.58. The lowest BCUT2D eigenvalue weighted by Gasteiger charge is -2.43. The molecule has 0 heterocycles. The van der Waals surface area contributed by atoms with Gasteiger partial charge in [-0.3, -0.25) is 0 Å². The molecule has 0 aliphatic heterocycles. The summed E-state index contributed by atoms with van der Waals surface area (Å²) in [6.45, 7) is 3.05. The van der Waals surface area contributed by atoms with Crippen LogP contribution < -0.4 is 5.32 Å². The van der Waals surface area contributed by atoms with Crippen LogP contribution in [-0.4, -0.2) is 25.3 Å². The van der Waals surface area contributed by atoms with Crippen LogP contribution in [0.25, 0.3) is 0 Å². The highest BCUT2D eigenvalue weighted by atomic mass is 79.9. The Hall–Kier alpha value is -0.450. The number of benzene rings is 1. The van der Waals surface area contributed by atoms with Gasteiger partial charge in [0.2, 0.25) is 0 Å².